The van der Waals surface area contributed by atoms with E-state index in [1.807, 2.05) is 61.5 Å². The Balaban J connectivity index is 1.74. The number of aromatic amines is 1. The van der Waals surface area contributed by atoms with Crippen molar-refractivity contribution in [1.82, 2.24) is 20.2 Å². The number of H-pyrrole nitrogens is 1. The monoisotopic (exact) mass is 450 g/mol. The van der Waals surface area contributed by atoms with Crippen molar-refractivity contribution >= 4 is 18.0 Å². The largest absolute Gasteiger partial charge is 0.480 e. The second-order valence-corrected chi connectivity index (χ2v) is 7.61. The average molecular weight is 450 g/mol. The fourth-order valence-corrected chi connectivity index (χ4v) is 3.23. The highest BCUT2D eigenvalue weighted by Gasteiger charge is 2.29. The normalized spacial score (nSPS) is 11.4. The molecule has 172 valence electrons. The minimum atomic E-state index is -1.15. The van der Waals surface area contributed by atoms with Gasteiger partial charge < -0.3 is 25.0 Å². The number of hydrogen-bond donors (Lipinski definition) is 3. The van der Waals surface area contributed by atoms with Gasteiger partial charge in [-0.2, -0.15) is 0 Å². The topological polar surface area (TPSA) is 125 Å². The van der Waals surface area contributed by atoms with Gasteiger partial charge in [0.05, 0.1) is 6.33 Å². The van der Waals surface area contributed by atoms with Crippen LogP contribution in [0, 0.1) is 6.92 Å². The van der Waals surface area contributed by atoms with Gasteiger partial charge in [0, 0.05) is 24.9 Å². The zero-order valence-electron chi connectivity index (χ0n) is 18.2. The number of carbonyl (C=O) groups is 3. The van der Waals surface area contributed by atoms with Crippen molar-refractivity contribution in [2.45, 2.75) is 32.5 Å². The van der Waals surface area contributed by atoms with Crippen LogP contribution in [-0.2, 0) is 33.9 Å². The van der Waals surface area contributed by atoms with Gasteiger partial charge in [0.15, 0.2) is 0 Å². The fraction of sp³-hybridized carbons (Fsp3) is 0.250. The highest BCUT2D eigenvalue weighted by atomic mass is 16.5. The molecule has 0 aliphatic carbocycles. The van der Waals surface area contributed by atoms with Crippen molar-refractivity contribution < 1.29 is 24.2 Å². The molecule has 1 heterocycles. The summed E-state index contributed by atoms with van der Waals surface area (Å²) in [4.78, 5) is 45.3. The molecule has 0 bridgehead atoms. The number of aryl methyl sites for hydroxylation is 1. The van der Waals surface area contributed by atoms with E-state index in [0.717, 1.165) is 16.7 Å². The molecule has 2 amide bonds. The molecule has 9 nitrogen and oxygen atoms in total. The van der Waals surface area contributed by atoms with E-state index in [1.165, 1.54) is 11.2 Å². The third kappa shape index (κ3) is 7.49. The van der Waals surface area contributed by atoms with Gasteiger partial charge in [-0.25, -0.2) is 9.78 Å². The molecule has 0 aliphatic heterocycles. The molecule has 3 rings (SSSR count). The van der Waals surface area contributed by atoms with Crippen LogP contribution >= 0.6 is 0 Å². The van der Waals surface area contributed by atoms with Gasteiger partial charge >= 0.3 is 12.1 Å². The fourth-order valence-electron chi connectivity index (χ4n) is 3.23. The summed E-state index contributed by atoms with van der Waals surface area (Å²) in [5.74, 6) is -1.69. The van der Waals surface area contributed by atoms with Crippen molar-refractivity contribution in [2.24, 2.45) is 0 Å². The lowest BCUT2D eigenvalue weighted by Crippen LogP contribution is -2.50. The number of carboxylic acids is 1. The van der Waals surface area contributed by atoms with E-state index in [1.54, 1.807) is 6.20 Å². The Morgan fingerprint density at radius 1 is 1.09 bits per heavy atom. The van der Waals surface area contributed by atoms with Crippen LogP contribution in [-0.4, -0.2) is 50.5 Å². The molecule has 2 aromatic carbocycles. The van der Waals surface area contributed by atoms with Gasteiger partial charge in [0.25, 0.3) is 0 Å². The summed E-state index contributed by atoms with van der Waals surface area (Å²) in [6.45, 7) is 1.56. The molecular weight excluding hydrogens is 424 g/mol. The lowest BCUT2D eigenvalue weighted by Gasteiger charge is -2.26. The number of aromatic nitrogens is 2. The third-order valence-corrected chi connectivity index (χ3v) is 4.91. The quantitative estimate of drug-likeness (QED) is 0.436. The Morgan fingerprint density at radius 3 is 2.45 bits per heavy atom. The van der Waals surface area contributed by atoms with Crippen LogP contribution in [0.1, 0.15) is 22.4 Å². The van der Waals surface area contributed by atoms with Crippen LogP contribution in [0.2, 0.25) is 0 Å². The number of aliphatic carboxylic acids is 1. The number of carbonyl (C=O) groups excluding carboxylic acids is 2. The number of benzene rings is 2. The molecule has 0 saturated carbocycles. The maximum Gasteiger partial charge on any atom is 0.408 e. The van der Waals surface area contributed by atoms with E-state index >= 15 is 0 Å². The highest BCUT2D eigenvalue weighted by molar-refractivity contribution is 5.88. The molecule has 0 radical (unpaired) electrons. The second kappa shape index (κ2) is 11.5. The first-order valence-corrected chi connectivity index (χ1v) is 10.4. The summed E-state index contributed by atoms with van der Waals surface area (Å²) in [7, 11) is 0. The van der Waals surface area contributed by atoms with Gasteiger partial charge in [-0.15, -0.1) is 0 Å². The zero-order valence-corrected chi connectivity index (χ0v) is 18.2. The maximum atomic E-state index is 13.3. The number of nitrogens with zero attached hydrogens (tertiary/aromatic N) is 2. The number of carboxylic acid groups (broad SMARTS) is 1. The zero-order chi connectivity index (χ0) is 23.6. The molecule has 0 fully saturated rings. The number of rotatable bonds is 10. The SMILES string of the molecule is Cc1ccc(CN(CC(=O)O)C(=O)C(Cc2cnc[nH]2)NC(=O)OCc2ccccc2)cc1. The summed E-state index contributed by atoms with van der Waals surface area (Å²) in [6, 6.07) is 15.6. The summed E-state index contributed by atoms with van der Waals surface area (Å²) in [5.41, 5.74) is 3.25. The van der Waals surface area contributed by atoms with E-state index in [4.69, 9.17) is 4.74 Å². The molecule has 3 aromatic rings. The molecule has 0 aliphatic rings. The van der Waals surface area contributed by atoms with Crippen LogP contribution < -0.4 is 5.32 Å². The standard InChI is InChI=1S/C24H26N4O5/c1-17-7-9-18(10-8-17)13-28(14-22(29)30)23(31)21(11-20-12-25-16-26-20)27-24(32)33-15-19-5-3-2-4-6-19/h2-10,12,16,21H,11,13-15H2,1H3,(H,25,26)(H,27,32)(H,29,30). The van der Waals surface area contributed by atoms with E-state index in [2.05, 4.69) is 15.3 Å². The number of hydrogen-bond acceptors (Lipinski definition) is 5. The first-order chi connectivity index (χ1) is 15.9. The van der Waals surface area contributed by atoms with E-state index in [0.29, 0.717) is 5.69 Å². The molecule has 33 heavy (non-hydrogen) atoms. The Kier molecular flexibility index (Phi) is 8.18. The maximum absolute atomic E-state index is 13.3. The van der Waals surface area contributed by atoms with Crippen molar-refractivity contribution in [2.75, 3.05) is 6.54 Å². The predicted octanol–water partition coefficient (Wildman–Crippen LogP) is 2.67. The Morgan fingerprint density at radius 2 is 1.82 bits per heavy atom. The lowest BCUT2D eigenvalue weighted by molar-refractivity contribution is -0.145. The van der Waals surface area contributed by atoms with Crippen LogP contribution in [0.15, 0.2) is 67.1 Å². The van der Waals surface area contributed by atoms with Gasteiger partial charge in [-0.05, 0) is 18.1 Å². The molecule has 1 unspecified atom stereocenters. The van der Waals surface area contributed by atoms with Crippen molar-refractivity contribution in [3.8, 4) is 0 Å². The number of nitrogens with one attached hydrogen (secondary N) is 2. The molecule has 1 atom stereocenters. The minimum absolute atomic E-state index is 0.0415. The van der Waals surface area contributed by atoms with Gasteiger partial charge in [-0.3, -0.25) is 9.59 Å². The first kappa shape index (κ1) is 23.5. The van der Waals surface area contributed by atoms with Crippen LogP contribution in [0.3, 0.4) is 0 Å². The number of imidazole rings is 1. The Hall–Kier alpha value is -4.14. The molecular formula is C24H26N4O5. The first-order valence-electron chi connectivity index (χ1n) is 10.4. The minimum Gasteiger partial charge on any atom is -0.480 e. The number of alkyl carbamates (subject to hydrolysis) is 1. The smallest absolute Gasteiger partial charge is 0.408 e. The molecule has 1 aromatic heterocycles. The van der Waals surface area contributed by atoms with E-state index in [9.17, 15) is 19.5 Å². The Labute approximate surface area is 191 Å². The van der Waals surface area contributed by atoms with Gasteiger partial charge in [0.1, 0.15) is 19.2 Å². The molecule has 0 spiro atoms. The summed E-state index contributed by atoms with van der Waals surface area (Å²) in [5, 5.41) is 11.9. The van der Waals surface area contributed by atoms with Gasteiger partial charge in [-0.1, -0.05) is 60.2 Å². The number of amides is 2. The summed E-state index contributed by atoms with van der Waals surface area (Å²) < 4.78 is 5.26. The highest BCUT2D eigenvalue weighted by Crippen LogP contribution is 2.11. The van der Waals surface area contributed by atoms with Crippen LogP contribution in [0.4, 0.5) is 4.79 Å². The van der Waals surface area contributed by atoms with E-state index < -0.39 is 30.6 Å². The van der Waals surface area contributed by atoms with Crippen LogP contribution in [0.5, 0.6) is 0 Å². The van der Waals surface area contributed by atoms with E-state index in [-0.39, 0.29) is 19.6 Å². The van der Waals surface area contributed by atoms with Crippen molar-refractivity contribution in [1.29, 1.82) is 0 Å². The van der Waals surface area contributed by atoms with Crippen LogP contribution in [0.25, 0.3) is 0 Å². The average Bonchev–Trinajstić information content (AvgIpc) is 3.31. The summed E-state index contributed by atoms with van der Waals surface area (Å²) in [6.07, 6.45) is 2.33. The van der Waals surface area contributed by atoms with Crippen molar-refractivity contribution in [3.05, 3.63) is 89.5 Å². The predicted molar refractivity (Wildman–Crippen MR) is 120 cm³/mol. The molecule has 9 heteroatoms. The van der Waals surface area contributed by atoms with Gasteiger partial charge in [0.2, 0.25) is 5.91 Å². The summed E-state index contributed by atoms with van der Waals surface area (Å²) >= 11 is 0. The number of ether oxygens (including phenoxy) is 1. The lowest BCUT2D eigenvalue weighted by atomic mass is 10.1. The molecule has 3 N–H and O–H groups in total. The second-order valence-electron chi connectivity index (χ2n) is 7.61. The van der Waals surface area contributed by atoms with Crippen molar-refractivity contribution in [3.63, 3.8) is 0 Å². The Bertz CT molecular complexity index is 1050. The molecule has 0 saturated heterocycles. The third-order valence-electron chi connectivity index (χ3n) is 4.91.